The predicted octanol–water partition coefficient (Wildman–Crippen LogP) is 3.04. The Labute approximate surface area is 163 Å². The molecule has 0 aliphatic carbocycles. The van der Waals surface area contributed by atoms with Crippen molar-refractivity contribution in [3.63, 3.8) is 0 Å². The number of carbonyl (C=O) groups excluding carboxylic acids is 1. The first-order chi connectivity index (χ1) is 13.3. The topological polar surface area (TPSA) is 102 Å². The number of carbonyl (C=O) groups is 1. The van der Waals surface area contributed by atoms with E-state index in [0.29, 0.717) is 42.9 Å². The van der Waals surface area contributed by atoms with Crippen molar-refractivity contribution in [3.05, 3.63) is 48.0 Å². The molecule has 0 aliphatic heterocycles. The number of ether oxygens (including phenoxy) is 1. The first-order valence-electron chi connectivity index (χ1n) is 9.23. The fraction of sp³-hybridized carbons (Fsp3) is 0.400. The molecule has 0 unspecified atom stereocenters. The second kappa shape index (κ2) is 8.24. The van der Waals surface area contributed by atoms with Gasteiger partial charge in [-0.2, -0.15) is 4.98 Å². The van der Waals surface area contributed by atoms with E-state index in [1.165, 1.54) is 0 Å². The molecular weight excluding hydrogens is 358 g/mol. The molecule has 0 radical (unpaired) electrons. The number of rotatable bonds is 6. The third-order valence-electron chi connectivity index (χ3n) is 3.94. The number of aromatic nitrogens is 4. The summed E-state index contributed by atoms with van der Waals surface area (Å²) < 4.78 is 7.01. The van der Waals surface area contributed by atoms with Gasteiger partial charge in [0.1, 0.15) is 11.4 Å². The molecule has 0 bridgehead atoms. The van der Waals surface area contributed by atoms with Crippen LogP contribution in [0.1, 0.15) is 38.6 Å². The zero-order valence-corrected chi connectivity index (χ0v) is 16.3. The molecule has 0 fully saturated rings. The smallest absolute Gasteiger partial charge is 0.407 e. The summed E-state index contributed by atoms with van der Waals surface area (Å²) in [6, 6.07) is 9.91. The number of nitrogens with one attached hydrogen (secondary N) is 1. The van der Waals surface area contributed by atoms with Crippen LogP contribution in [0.5, 0.6) is 5.88 Å². The molecule has 0 atom stereocenters. The Morgan fingerprint density at radius 2 is 1.96 bits per heavy atom. The summed E-state index contributed by atoms with van der Waals surface area (Å²) in [5.74, 6) is 0.398. The number of imidazole rings is 1. The summed E-state index contributed by atoms with van der Waals surface area (Å²) in [6.07, 6.45) is 2.33. The minimum absolute atomic E-state index is 0.0893. The Balaban J connectivity index is 1.61. The van der Waals surface area contributed by atoms with Crippen LogP contribution in [0.15, 0.2) is 36.7 Å². The Bertz CT molecular complexity index is 948. The second-order valence-electron chi connectivity index (χ2n) is 7.53. The molecule has 2 heterocycles. The van der Waals surface area contributed by atoms with Gasteiger partial charge in [-0.15, -0.1) is 0 Å². The number of aryl methyl sites for hydroxylation is 1. The maximum Gasteiger partial charge on any atom is 0.407 e. The summed E-state index contributed by atoms with van der Waals surface area (Å²) in [5, 5.41) is 13.1. The average molecular weight is 383 g/mol. The minimum Gasteiger partial charge on any atom is -0.492 e. The Kier molecular flexibility index (Phi) is 5.77. The number of amides is 1. The fourth-order valence-corrected chi connectivity index (χ4v) is 2.77. The molecular formula is C20H25N5O3. The Hall–Kier alpha value is -3.16. The number of nitrogens with zero attached hydrogens (tertiary/aromatic N) is 4. The standard InChI is InChI=1S/C20H25N5O3/c1-20(2,3)28-19(27)21-11-7-10-15-23-17-16(18(26)24-15)25(13-22-17)12-14-8-5-4-6-9-14/h4-6,8-9,13H,7,10-12H2,1-3H3,(H,21,27)(H,23,24,26). The summed E-state index contributed by atoms with van der Waals surface area (Å²) in [7, 11) is 0. The molecule has 148 valence electrons. The van der Waals surface area contributed by atoms with Crippen LogP contribution in [0, 0.1) is 0 Å². The van der Waals surface area contributed by atoms with Crippen LogP contribution in [-0.4, -0.2) is 42.9 Å². The van der Waals surface area contributed by atoms with Gasteiger partial charge in [0, 0.05) is 19.5 Å². The van der Waals surface area contributed by atoms with Gasteiger partial charge in [0.05, 0.1) is 6.33 Å². The number of fused-ring (bicyclic) bond motifs is 1. The van der Waals surface area contributed by atoms with Crippen molar-refractivity contribution in [3.8, 4) is 5.88 Å². The monoisotopic (exact) mass is 383 g/mol. The number of alkyl carbamates (subject to hydrolysis) is 1. The number of benzene rings is 1. The third-order valence-corrected chi connectivity index (χ3v) is 3.94. The summed E-state index contributed by atoms with van der Waals surface area (Å²) in [5.41, 5.74) is 1.54. The third kappa shape index (κ3) is 5.18. The summed E-state index contributed by atoms with van der Waals surface area (Å²) in [6.45, 7) is 6.45. The maximum atomic E-state index is 11.6. The first-order valence-corrected chi connectivity index (χ1v) is 9.23. The van der Waals surface area contributed by atoms with Crippen molar-refractivity contribution >= 4 is 17.3 Å². The van der Waals surface area contributed by atoms with Gasteiger partial charge >= 0.3 is 6.09 Å². The summed E-state index contributed by atoms with van der Waals surface area (Å²) in [4.78, 5) is 24.5. The van der Waals surface area contributed by atoms with E-state index < -0.39 is 11.7 Å². The number of aromatic hydroxyl groups is 1. The molecule has 2 aromatic heterocycles. The van der Waals surface area contributed by atoms with Crippen molar-refractivity contribution < 1.29 is 14.6 Å². The van der Waals surface area contributed by atoms with E-state index in [4.69, 9.17) is 4.74 Å². The molecule has 0 spiro atoms. The summed E-state index contributed by atoms with van der Waals surface area (Å²) >= 11 is 0. The lowest BCUT2D eigenvalue weighted by atomic mass is 10.2. The molecule has 1 amide bonds. The SMILES string of the molecule is CC(C)(C)OC(=O)NCCCc1nc(O)c2c(ncn2Cc2ccccc2)n1. The van der Waals surface area contributed by atoms with Gasteiger partial charge in [0.15, 0.2) is 11.2 Å². The molecule has 28 heavy (non-hydrogen) atoms. The zero-order valence-electron chi connectivity index (χ0n) is 16.3. The lowest BCUT2D eigenvalue weighted by Gasteiger charge is -2.19. The van der Waals surface area contributed by atoms with Crippen LogP contribution >= 0.6 is 0 Å². The average Bonchev–Trinajstić information content (AvgIpc) is 3.01. The van der Waals surface area contributed by atoms with Crippen molar-refractivity contribution in [2.24, 2.45) is 0 Å². The van der Waals surface area contributed by atoms with Crippen LogP contribution in [0.2, 0.25) is 0 Å². The molecule has 3 aromatic rings. The number of hydrogen-bond donors (Lipinski definition) is 2. The molecule has 0 saturated carbocycles. The molecule has 8 nitrogen and oxygen atoms in total. The van der Waals surface area contributed by atoms with E-state index in [-0.39, 0.29) is 5.88 Å². The zero-order chi connectivity index (χ0) is 20.1. The van der Waals surface area contributed by atoms with Crippen molar-refractivity contribution in [2.45, 2.75) is 45.8 Å². The van der Waals surface area contributed by atoms with E-state index in [1.54, 1.807) is 6.33 Å². The highest BCUT2D eigenvalue weighted by Crippen LogP contribution is 2.22. The molecule has 8 heteroatoms. The quantitative estimate of drug-likeness (QED) is 0.634. The van der Waals surface area contributed by atoms with Crippen molar-refractivity contribution in [2.75, 3.05) is 6.54 Å². The molecule has 1 aromatic carbocycles. The number of hydrogen-bond acceptors (Lipinski definition) is 6. The van der Waals surface area contributed by atoms with E-state index in [0.717, 1.165) is 5.56 Å². The Morgan fingerprint density at radius 1 is 1.21 bits per heavy atom. The van der Waals surface area contributed by atoms with Gasteiger partial charge in [0.25, 0.3) is 0 Å². The highest BCUT2D eigenvalue weighted by Gasteiger charge is 2.16. The van der Waals surface area contributed by atoms with Gasteiger partial charge in [0.2, 0.25) is 5.88 Å². The largest absolute Gasteiger partial charge is 0.492 e. The van der Waals surface area contributed by atoms with Gasteiger partial charge in [-0.25, -0.2) is 14.8 Å². The highest BCUT2D eigenvalue weighted by molar-refractivity contribution is 5.76. The van der Waals surface area contributed by atoms with Crippen molar-refractivity contribution in [1.82, 2.24) is 24.8 Å². The van der Waals surface area contributed by atoms with E-state index >= 15 is 0 Å². The van der Waals surface area contributed by atoms with Gasteiger partial charge in [-0.1, -0.05) is 30.3 Å². The van der Waals surface area contributed by atoms with E-state index in [1.807, 2.05) is 55.7 Å². The van der Waals surface area contributed by atoms with Gasteiger partial charge in [-0.05, 0) is 32.8 Å². The lowest BCUT2D eigenvalue weighted by molar-refractivity contribution is 0.0527. The molecule has 0 saturated heterocycles. The second-order valence-corrected chi connectivity index (χ2v) is 7.53. The highest BCUT2D eigenvalue weighted by atomic mass is 16.6. The fourth-order valence-electron chi connectivity index (χ4n) is 2.77. The van der Waals surface area contributed by atoms with Crippen LogP contribution in [-0.2, 0) is 17.7 Å². The maximum absolute atomic E-state index is 11.6. The van der Waals surface area contributed by atoms with Crippen LogP contribution in [0.3, 0.4) is 0 Å². The predicted molar refractivity (Wildman–Crippen MR) is 105 cm³/mol. The van der Waals surface area contributed by atoms with Crippen LogP contribution < -0.4 is 5.32 Å². The normalized spacial score (nSPS) is 11.5. The van der Waals surface area contributed by atoms with E-state index in [2.05, 4.69) is 20.3 Å². The Morgan fingerprint density at radius 3 is 2.68 bits per heavy atom. The minimum atomic E-state index is -0.525. The molecule has 0 aliphatic rings. The molecule has 3 rings (SSSR count). The van der Waals surface area contributed by atoms with Gasteiger partial charge in [-0.3, -0.25) is 0 Å². The van der Waals surface area contributed by atoms with Crippen LogP contribution in [0.4, 0.5) is 4.79 Å². The van der Waals surface area contributed by atoms with E-state index in [9.17, 15) is 9.90 Å². The van der Waals surface area contributed by atoms with Crippen molar-refractivity contribution in [1.29, 1.82) is 0 Å². The first kappa shape index (κ1) is 19.6. The van der Waals surface area contributed by atoms with Crippen LogP contribution in [0.25, 0.3) is 11.2 Å². The lowest BCUT2D eigenvalue weighted by Crippen LogP contribution is -2.33. The molecule has 2 N–H and O–H groups in total. The van der Waals surface area contributed by atoms with Gasteiger partial charge < -0.3 is 19.7 Å².